The van der Waals surface area contributed by atoms with E-state index in [2.05, 4.69) is 10.3 Å². The number of likely N-dealkylation sites (tertiary alicyclic amines) is 1. The molecule has 1 aromatic carbocycles. The van der Waals surface area contributed by atoms with Gasteiger partial charge >= 0.3 is 0 Å². The van der Waals surface area contributed by atoms with Gasteiger partial charge in [0.05, 0.1) is 4.92 Å². The third-order valence-electron chi connectivity index (χ3n) is 4.79. The number of aromatic nitrogens is 1. The average Bonchev–Trinajstić information content (AvgIpc) is 2.74. The van der Waals surface area contributed by atoms with Crippen LogP contribution in [0.25, 0.3) is 0 Å². The monoisotopic (exact) mass is 398 g/mol. The highest BCUT2D eigenvalue weighted by Crippen LogP contribution is 2.20. The van der Waals surface area contributed by atoms with E-state index in [9.17, 15) is 19.7 Å². The van der Waals surface area contributed by atoms with Gasteiger partial charge in [-0.2, -0.15) is 0 Å². The van der Waals surface area contributed by atoms with Crippen LogP contribution in [0.2, 0.25) is 0 Å². The maximum Gasteiger partial charge on any atom is 0.269 e. The fourth-order valence-electron chi connectivity index (χ4n) is 3.06. The van der Waals surface area contributed by atoms with Crippen molar-refractivity contribution in [3.05, 3.63) is 58.3 Å². The van der Waals surface area contributed by atoms with Gasteiger partial charge in [0.2, 0.25) is 5.91 Å². The van der Waals surface area contributed by atoms with Crippen molar-refractivity contribution in [3.63, 3.8) is 0 Å². The number of carbonyl (C=O) groups is 2. The van der Waals surface area contributed by atoms with E-state index < -0.39 is 4.92 Å². The molecule has 2 heterocycles. The number of ether oxygens (including phenoxy) is 1. The van der Waals surface area contributed by atoms with Crippen molar-refractivity contribution in [1.29, 1.82) is 0 Å². The van der Waals surface area contributed by atoms with E-state index in [4.69, 9.17) is 4.74 Å². The van der Waals surface area contributed by atoms with Crippen LogP contribution >= 0.6 is 0 Å². The molecule has 1 fully saturated rings. The molecule has 1 N–H and O–H groups in total. The molecule has 0 bridgehead atoms. The van der Waals surface area contributed by atoms with Gasteiger partial charge in [-0.3, -0.25) is 19.7 Å². The smallest absolute Gasteiger partial charge is 0.269 e. The highest BCUT2D eigenvalue weighted by atomic mass is 16.6. The first kappa shape index (κ1) is 20.2. The van der Waals surface area contributed by atoms with Crippen molar-refractivity contribution in [2.45, 2.75) is 19.8 Å². The van der Waals surface area contributed by atoms with Gasteiger partial charge in [-0.05, 0) is 43.5 Å². The number of hydrogen-bond donors (Lipinski definition) is 1. The van der Waals surface area contributed by atoms with Gasteiger partial charge in [-0.1, -0.05) is 6.07 Å². The first-order valence-corrected chi connectivity index (χ1v) is 9.31. The second-order valence-corrected chi connectivity index (χ2v) is 6.90. The van der Waals surface area contributed by atoms with Gasteiger partial charge in [0.1, 0.15) is 11.6 Å². The van der Waals surface area contributed by atoms with Crippen LogP contribution in [-0.2, 0) is 9.59 Å². The zero-order valence-corrected chi connectivity index (χ0v) is 16.0. The Balaban J connectivity index is 1.43. The minimum atomic E-state index is -0.496. The van der Waals surface area contributed by atoms with E-state index in [0.29, 0.717) is 37.5 Å². The molecule has 0 aliphatic carbocycles. The number of rotatable bonds is 6. The van der Waals surface area contributed by atoms with Crippen LogP contribution in [0.15, 0.2) is 42.6 Å². The number of non-ortho nitro benzene ring substituents is 1. The van der Waals surface area contributed by atoms with Gasteiger partial charge in [-0.15, -0.1) is 0 Å². The molecule has 0 spiro atoms. The molecule has 1 aromatic heterocycles. The number of nitrogens with zero attached hydrogens (tertiary/aromatic N) is 3. The lowest BCUT2D eigenvalue weighted by molar-refractivity contribution is -0.384. The molecule has 29 heavy (non-hydrogen) atoms. The number of benzene rings is 1. The van der Waals surface area contributed by atoms with E-state index in [0.717, 1.165) is 5.56 Å². The topological polar surface area (TPSA) is 115 Å². The largest absolute Gasteiger partial charge is 0.484 e. The molecule has 0 radical (unpaired) electrons. The SMILES string of the molecule is Cc1ccc(NC(=O)C2CCN(C(=O)COc3ccc([N+](=O)[O-])cc3)CC2)nc1. The second kappa shape index (κ2) is 9.13. The molecule has 1 saturated heterocycles. The van der Waals surface area contributed by atoms with Gasteiger partial charge in [0.15, 0.2) is 6.61 Å². The first-order valence-electron chi connectivity index (χ1n) is 9.31. The maximum absolute atomic E-state index is 12.4. The molecule has 9 heteroatoms. The lowest BCUT2D eigenvalue weighted by Crippen LogP contribution is -2.43. The average molecular weight is 398 g/mol. The summed E-state index contributed by atoms with van der Waals surface area (Å²) in [6, 6.07) is 9.22. The summed E-state index contributed by atoms with van der Waals surface area (Å²) >= 11 is 0. The summed E-state index contributed by atoms with van der Waals surface area (Å²) in [5.74, 6) is 0.482. The van der Waals surface area contributed by atoms with Crippen LogP contribution < -0.4 is 10.1 Å². The van der Waals surface area contributed by atoms with Gasteiger partial charge in [-0.25, -0.2) is 4.98 Å². The number of nitro benzene ring substituents is 1. The third kappa shape index (κ3) is 5.50. The Morgan fingerprint density at radius 3 is 2.48 bits per heavy atom. The summed E-state index contributed by atoms with van der Waals surface area (Å²) in [5, 5.41) is 13.5. The summed E-state index contributed by atoms with van der Waals surface area (Å²) < 4.78 is 5.42. The van der Waals surface area contributed by atoms with Gasteiger partial charge < -0.3 is 15.0 Å². The normalized spacial score (nSPS) is 14.3. The number of amides is 2. The van der Waals surface area contributed by atoms with Crippen molar-refractivity contribution in [3.8, 4) is 5.75 Å². The summed E-state index contributed by atoms with van der Waals surface area (Å²) in [4.78, 5) is 40.7. The molecular formula is C20H22N4O5. The van der Waals surface area contributed by atoms with Crippen LogP contribution in [-0.4, -0.2) is 46.3 Å². The van der Waals surface area contributed by atoms with Crippen LogP contribution in [0.5, 0.6) is 5.75 Å². The maximum atomic E-state index is 12.4. The van der Waals surface area contributed by atoms with Crippen LogP contribution in [0.3, 0.4) is 0 Å². The molecule has 2 aromatic rings. The molecule has 2 amide bonds. The molecule has 0 saturated carbocycles. The van der Waals surface area contributed by atoms with Crippen LogP contribution in [0.1, 0.15) is 18.4 Å². The number of anilines is 1. The number of nitrogens with one attached hydrogen (secondary N) is 1. The Labute approximate surface area is 167 Å². The molecule has 0 unspecified atom stereocenters. The van der Waals surface area contributed by atoms with E-state index >= 15 is 0 Å². The number of hydrogen-bond acceptors (Lipinski definition) is 6. The van der Waals surface area contributed by atoms with Crippen molar-refractivity contribution in [1.82, 2.24) is 9.88 Å². The van der Waals surface area contributed by atoms with E-state index in [1.165, 1.54) is 24.3 Å². The Kier molecular flexibility index (Phi) is 6.38. The van der Waals surface area contributed by atoms with Gasteiger partial charge in [0, 0.05) is 37.3 Å². The minimum Gasteiger partial charge on any atom is -0.484 e. The van der Waals surface area contributed by atoms with Gasteiger partial charge in [0.25, 0.3) is 11.6 Å². The molecule has 1 aliphatic heterocycles. The molecule has 9 nitrogen and oxygen atoms in total. The number of piperidine rings is 1. The predicted molar refractivity (Wildman–Crippen MR) is 105 cm³/mol. The summed E-state index contributed by atoms with van der Waals surface area (Å²) in [6.07, 6.45) is 2.84. The van der Waals surface area contributed by atoms with E-state index in [-0.39, 0.29) is 30.0 Å². The highest BCUT2D eigenvalue weighted by Gasteiger charge is 2.27. The van der Waals surface area contributed by atoms with Crippen molar-refractivity contribution >= 4 is 23.3 Å². The standard InChI is InChI=1S/C20H22N4O5/c1-14-2-7-18(21-12-14)22-20(26)15-8-10-23(11-9-15)19(25)13-29-17-5-3-16(4-6-17)24(27)28/h2-7,12,15H,8-11,13H2,1H3,(H,21,22,26). The fraction of sp³-hybridized carbons (Fsp3) is 0.350. The predicted octanol–water partition coefficient (Wildman–Crippen LogP) is 2.55. The molecule has 152 valence electrons. The van der Waals surface area contributed by atoms with Crippen LogP contribution in [0, 0.1) is 23.0 Å². The Bertz CT molecular complexity index is 875. The zero-order chi connectivity index (χ0) is 20.8. The van der Waals surface area contributed by atoms with Crippen molar-refractivity contribution in [2.24, 2.45) is 5.92 Å². The summed E-state index contributed by atoms with van der Waals surface area (Å²) in [5.41, 5.74) is 0.982. The molecule has 3 rings (SSSR count). The van der Waals surface area contributed by atoms with E-state index in [1.54, 1.807) is 17.2 Å². The van der Waals surface area contributed by atoms with E-state index in [1.807, 2.05) is 13.0 Å². The number of carbonyl (C=O) groups excluding carboxylic acids is 2. The Morgan fingerprint density at radius 1 is 1.21 bits per heavy atom. The second-order valence-electron chi connectivity index (χ2n) is 6.90. The minimum absolute atomic E-state index is 0.0372. The lowest BCUT2D eigenvalue weighted by atomic mass is 9.96. The third-order valence-corrected chi connectivity index (χ3v) is 4.79. The fourth-order valence-corrected chi connectivity index (χ4v) is 3.06. The van der Waals surface area contributed by atoms with Crippen LogP contribution in [0.4, 0.5) is 11.5 Å². The molecule has 1 aliphatic rings. The number of pyridine rings is 1. The molecular weight excluding hydrogens is 376 g/mol. The Morgan fingerprint density at radius 2 is 1.90 bits per heavy atom. The highest BCUT2D eigenvalue weighted by molar-refractivity contribution is 5.91. The zero-order valence-electron chi connectivity index (χ0n) is 16.0. The van der Waals surface area contributed by atoms with Crippen molar-refractivity contribution < 1.29 is 19.2 Å². The summed E-state index contributed by atoms with van der Waals surface area (Å²) in [7, 11) is 0. The summed E-state index contributed by atoms with van der Waals surface area (Å²) in [6.45, 7) is 2.72. The quantitative estimate of drug-likeness (QED) is 0.591. The lowest BCUT2D eigenvalue weighted by Gasteiger charge is -2.31. The van der Waals surface area contributed by atoms with Crippen molar-refractivity contribution in [2.75, 3.05) is 25.0 Å². The Hall–Kier alpha value is -3.49. The number of nitro groups is 1. The number of aryl methyl sites for hydroxylation is 1. The first-order chi connectivity index (χ1) is 13.9. The molecule has 0 atom stereocenters.